The van der Waals surface area contributed by atoms with Crippen LogP contribution in [0.3, 0.4) is 0 Å². The van der Waals surface area contributed by atoms with Crippen LogP contribution in [0.2, 0.25) is 0 Å². The van der Waals surface area contributed by atoms with E-state index in [0.717, 1.165) is 25.0 Å². The highest BCUT2D eigenvalue weighted by Gasteiger charge is 2.29. The summed E-state index contributed by atoms with van der Waals surface area (Å²) in [5.41, 5.74) is 4.48. The minimum absolute atomic E-state index is 0.0308. The number of amides is 1. The average Bonchev–Trinajstić information content (AvgIpc) is 3.18. The van der Waals surface area contributed by atoms with E-state index < -0.39 is 23.1 Å². The molecular formula is C14H14F2N2O. The van der Waals surface area contributed by atoms with Crippen LogP contribution in [0.25, 0.3) is 0 Å². The fourth-order valence-electron chi connectivity index (χ4n) is 1.86. The highest BCUT2D eigenvalue weighted by atomic mass is 19.1. The lowest BCUT2D eigenvalue weighted by Gasteiger charge is -2.21. The van der Waals surface area contributed by atoms with Gasteiger partial charge in [0, 0.05) is 6.54 Å². The first-order valence-corrected chi connectivity index (χ1v) is 6.00. The SMILES string of the molecule is C#CCN(CC1CC1)C(=O)c1c(F)ccc(N)c1F. The number of carbonyl (C=O) groups is 1. The van der Waals surface area contributed by atoms with Crippen LogP contribution in [0, 0.1) is 29.9 Å². The molecule has 3 nitrogen and oxygen atoms in total. The number of nitrogens with two attached hydrogens (primary N) is 1. The highest BCUT2D eigenvalue weighted by molar-refractivity contribution is 5.96. The first kappa shape index (κ1) is 13.3. The predicted molar refractivity (Wildman–Crippen MR) is 68.2 cm³/mol. The van der Waals surface area contributed by atoms with Gasteiger partial charge in [0.15, 0.2) is 5.82 Å². The molecule has 100 valence electrons. The smallest absolute Gasteiger partial charge is 0.260 e. The summed E-state index contributed by atoms with van der Waals surface area (Å²) in [7, 11) is 0. The first-order valence-electron chi connectivity index (χ1n) is 6.00. The van der Waals surface area contributed by atoms with Gasteiger partial charge in [-0.3, -0.25) is 4.79 Å². The van der Waals surface area contributed by atoms with E-state index in [1.54, 1.807) is 0 Å². The Hall–Kier alpha value is -2.09. The quantitative estimate of drug-likeness (QED) is 0.668. The molecule has 1 amide bonds. The number of rotatable bonds is 4. The monoisotopic (exact) mass is 264 g/mol. The molecule has 1 aromatic carbocycles. The molecule has 0 saturated heterocycles. The fourth-order valence-corrected chi connectivity index (χ4v) is 1.86. The zero-order valence-corrected chi connectivity index (χ0v) is 10.3. The molecule has 0 atom stereocenters. The third-order valence-corrected chi connectivity index (χ3v) is 3.08. The van der Waals surface area contributed by atoms with Crippen molar-refractivity contribution in [1.29, 1.82) is 0 Å². The second kappa shape index (κ2) is 5.27. The van der Waals surface area contributed by atoms with E-state index in [9.17, 15) is 13.6 Å². The minimum Gasteiger partial charge on any atom is -0.396 e. The van der Waals surface area contributed by atoms with Crippen molar-refractivity contribution in [3.63, 3.8) is 0 Å². The van der Waals surface area contributed by atoms with Crippen molar-refractivity contribution in [2.24, 2.45) is 5.92 Å². The maximum atomic E-state index is 13.8. The second-order valence-electron chi connectivity index (χ2n) is 4.66. The Morgan fingerprint density at radius 1 is 1.47 bits per heavy atom. The second-order valence-corrected chi connectivity index (χ2v) is 4.66. The van der Waals surface area contributed by atoms with Gasteiger partial charge < -0.3 is 10.6 Å². The standard InChI is InChI=1S/C14H14F2N2O/c1-2-7-18(8-9-3-4-9)14(19)12-10(15)5-6-11(17)13(12)16/h1,5-6,9H,3-4,7-8,17H2. The molecule has 0 radical (unpaired) electrons. The van der Waals surface area contributed by atoms with Crippen LogP contribution < -0.4 is 5.73 Å². The van der Waals surface area contributed by atoms with Crippen LogP contribution in [0.15, 0.2) is 12.1 Å². The zero-order valence-electron chi connectivity index (χ0n) is 10.3. The molecule has 19 heavy (non-hydrogen) atoms. The van der Waals surface area contributed by atoms with Crippen LogP contribution in [0.5, 0.6) is 0 Å². The van der Waals surface area contributed by atoms with Gasteiger partial charge in [-0.2, -0.15) is 0 Å². The molecule has 1 saturated carbocycles. The van der Waals surface area contributed by atoms with Crippen molar-refractivity contribution in [2.75, 3.05) is 18.8 Å². The molecule has 1 aliphatic rings. The molecule has 2 rings (SSSR count). The third-order valence-electron chi connectivity index (χ3n) is 3.08. The van der Waals surface area contributed by atoms with Gasteiger partial charge in [0.1, 0.15) is 11.4 Å². The Bertz CT molecular complexity index is 547. The lowest BCUT2D eigenvalue weighted by atomic mass is 10.1. The molecule has 0 aliphatic heterocycles. The van der Waals surface area contributed by atoms with Gasteiger partial charge >= 0.3 is 0 Å². The molecule has 0 heterocycles. The summed E-state index contributed by atoms with van der Waals surface area (Å²) < 4.78 is 27.4. The summed E-state index contributed by atoms with van der Waals surface area (Å²) in [6.45, 7) is 0.458. The van der Waals surface area contributed by atoms with Crippen LogP contribution in [-0.4, -0.2) is 23.9 Å². The zero-order chi connectivity index (χ0) is 14.0. The summed E-state index contributed by atoms with van der Waals surface area (Å²) in [5, 5.41) is 0. The number of nitrogen functional groups attached to an aromatic ring is 1. The molecule has 1 fully saturated rings. The summed E-state index contributed by atoms with van der Waals surface area (Å²) in [5.74, 6) is 0.0229. The molecule has 0 unspecified atom stereocenters. The van der Waals surface area contributed by atoms with E-state index in [4.69, 9.17) is 12.2 Å². The van der Waals surface area contributed by atoms with E-state index in [1.807, 2.05) is 0 Å². The normalized spacial score (nSPS) is 13.9. The summed E-state index contributed by atoms with van der Waals surface area (Å²) in [6.07, 6.45) is 7.21. The van der Waals surface area contributed by atoms with Gasteiger partial charge in [-0.25, -0.2) is 8.78 Å². The van der Waals surface area contributed by atoms with Crippen molar-refractivity contribution >= 4 is 11.6 Å². The Morgan fingerprint density at radius 2 is 2.16 bits per heavy atom. The summed E-state index contributed by atoms with van der Waals surface area (Å²) >= 11 is 0. The Balaban J connectivity index is 2.30. The molecule has 5 heteroatoms. The van der Waals surface area contributed by atoms with Gasteiger partial charge in [-0.05, 0) is 30.9 Å². The van der Waals surface area contributed by atoms with E-state index in [0.29, 0.717) is 12.5 Å². The first-order chi connectivity index (χ1) is 9.04. The number of nitrogens with zero attached hydrogens (tertiary/aromatic N) is 1. The Labute approximate surface area is 110 Å². The number of terminal acetylenes is 1. The van der Waals surface area contributed by atoms with Gasteiger partial charge in [0.2, 0.25) is 0 Å². The number of hydrogen-bond acceptors (Lipinski definition) is 2. The van der Waals surface area contributed by atoms with E-state index in [1.165, 1.54) is 4.90 Å². The van der Waals surface area contributed by atoms with Crippen LogP contribution >= 0.6 is 0 Å². The molecule has 0 bridgehead atoms. The maximum Gasteiger partial charge on any atom is 0.260 e. The number of anilines is 1. The van der Waals surface area contributed by atoms with Crippen LogP contribution in [0.4, 0.5) is 14.5 Å². The molecule has 2 N–H and O–H groups in total. The summed E-state index contributed by atoms with van der Waals surface area (Å²) in [6, 6.07) is 2.07. The van der Waals surface area contributed by atoms with Crippen molar-refractivity contribution in [1.82, 2.24) is 4.90 Å². The fraction of sp³-hybridized carbons (Fsp3) is 0.357. The maximum absolute atomic E-state index is 13.8. The van der Waals surface area contributed by atoms with Crippen LogP contribution in [-0.2, 0) is 0 Å². The minimum atomic E-state index is -1.03. The highest BCUT2D eigenvalue weighted by Crippen LogP contribution is 2.30. The average molecular weight is 264 g/mol. The molecule has 1 aliphatic carbocycles. The molecular weight excluding hydrogens is 250 g/mol. The van der Waals surface area contributed by atoms with Gasteiger partial charge in [0.25, 0.3) is 5.91 Å². The predicted octanol–water partition coefficient (Wildman–Crippen LogP) is 2.03. The van der Waals surface area contributed by atoms with Crippen molar-refractivity contribution in [3.8, 4) is 12.3 Å². The van der Waals surface area contributed by atoms with Crippen LogP contribution in [0.1, 0.15) is 23.2 Å². The van der Waals surface area contributed by atoms with Crippen molar-refractivity contribution in [2.45, 2.75) is 12.8 Å². The van der Waals surface area contributed by atoms with Crippen molar-refractivity contribution < 1.29 is 13.6 Å². The number of carbonyl (C=O) groups excluding carboxylic acids is 1. The molecule has 0 aromatic heterocycles. The Kier molecular flexibility index (Phi) is 3.70. The Morgan fingerprint density at radius 3 is 2.74 bits per heavy atom. The molecule has 0 spiro atoms. The van der Waals surface area contributed by atoms with Gasteiger partial charge in [-0.15, -0.1) is 6.42 Å². The van der Waals surface area contributed by atoms with Gasteiger partial charge in [-0.1, -0.05) is 5.92 Å². The lowest BCUT2D eigenvalue weighted by Crippen LogP contribution is -2.34. The van der Waals surface area contributed by atoms with E-state index >= 15 is 0 Å². The number of hydrogen-bond donors (Lipinski definition) is 1. The topological polar surface area (TPSA) is 46.3 Å². The van der Waals surface area contributed by atoms with Gasteiger partial charge in [0.05, 0.1) is 12.2 Å². The lowest BCUT2D eigenvalue weighted by molar-refractivity contribution is 0.0760. The largest absolute Gasteiger partial charge is 0.396 e. The molecule has 1 aromatic rings. The number of benzene rings is 1. The third kappa shape index (κ3) is 2.84. The number of halogens is 2. The summed E-state index contributed by atoms with van der Waals surface area (Å²) in [4.78, 5) is 13.5. The van der Waals surface area contributed by atoms with E-state index in [-0.39, 0.29) is 12.2 Å². The van der Waals surface area contributed by atoms with E-state index in [2.05, 4.69) is 5.92 Å². The van der Waals surface area contributed by atoms with Crippen molar-refractivity contribution in [3.05, 3.63) is 29.3 Å².